The van der Waals surface area contributed by atoms with Gasteiger partial charge in [0.15, 0.2) is 0 Å². The molecule has 0 unspecified atom stereocenters. The number of aromatic nitrogens is 2. The zero-order chi connectivity index (χ0) is 18.5. The van der Waals surface area contributed by atoms with Crippen LogP contribution in [0.1, 0.15) is 35.7 Å². The molecule has 136 valence electrons. The van der Waals surface area contributed by atoms with Gasteiger partial charge >= 0.3 is 0 Å². The summed E-state index contributed by atoms with van der Waals surface area (Å²) in [6.07, 6.45) is 3.50. The summed E-state index contributed by atoms with van der Waals surface area (Å²) >= 11 is 0. The molecule has 0 spiro atoms. The van der Waals surface area contributed by atoms with Crippen molar-refractivity contribution < 1.29 is 9.59 Å². The molecule has 0 radical (unpaired) electrons. The van der Waals surface area contributed by atoms with Gasteiger partial charge in [-0.2, -0.15) is 0 Å². The quantitative estimate of drug-likeness (QED) is 0.900. The Hall–Kier alpha value is -2.96. The van der Waals surface area contributed by atoms with Crippen LogP contribution < -0.4 is 5.56 Å². The monoisotopic (exact) mass is 354 g/mol. The van der Waals surface area contributed by atoms with Gasteiger partial charge in [-0.1, -0.05) is 37.3 Å². The van der Waals surface area contributed by atoms with E-state index in [-0.39, 0.29) is 29.8 Å². The number of nitrogens with zero attached hydrogens (tertiary/aromatic N) is 3. The lowest BCUT2D eigenvalue weighted by molar-refractivity contribution is -0.133. The number of benzene rings is 1. The summed E-state index contributed by atoms with van der Waals surface area (Å²) in [7, 11) is 0. The van der Waals surface area contributed by atoms with Gasteiger partial charge in [-0.05, 0) is 12.0 Å². The zero-order valence-corrected chi connectivity index (χ0v) is 14.7. The van der Waals surface area contributed by atoms with Crippen LogP contribution in [0.5, 0.6) is 0 Å². The average Bonchev–Trinajstić information content (AvgIpc) is 2.82. The number of amides is 2. The molecule has 1 aliphatic heterocycles. The Morgan fingerprint density at radius 2 is 2.04 bits per heavy atom. The van der Waals surface area contributed by atoms with E-state index in [0.29, 0.717) is 19.6 Å². The fraction of sp³-hybridized carbons (Fsp3) is 0.368. The molecule has 26 heavy (non-hydrogen) atoms. The number of aromatic amines is 1. The number of nitrogens with one attached hydrogen (secondary N) is 1. The first kappa shape index (κ1) is 17.8. The number of carbonyl (C=O) groups excluding carboxylic acids is 2. The highest BCUT2D eigenvalue weighted by Gasteiger charge is 2.31. The van der Waals surface area contributed by atoms with Crippen molar-refractivity contribution in [2.24, 2.45) is 0 Å². The number of hydrogen-bond acceptors (Lipinski definition) is 4. The van der Waals surface area contributed by atoms with Crippen LogP contribution in [0.15, 0.2) is 47.7 Å². The van der Waals surface area contributed by atoms with E-state index in [1.54, 1.807) is 4.90 Å². The highest BCUT2D eigenvalue weighted by molar-refractivity contribution is 5.94. The molecule has 0 saturated carbocycles. The predicted octanol–water partition coefficient (Wildman–Crippen LogP) is 1.42. The first-order valence-electron chi connectivity index (χ1n) is 8.75. The summed E-state index contributed by atoms with van der Waals surface area (Å²) in [5, 5.41) is 0. The second-order valence-electron chi connectivity index (χ2n) is 6.36. The van der Waals surface area contributed by atoms with Crippen molar-refractivity contribution in [2.45, 2.75) is 32.4 Å². The van der Waals surface area contributed by atoms with Gasteiger partial charge in [-0.3, -0.25) is 14.4 Å². The maximum absolute atomic E-state index is 12.7. The molecule has 1 saturated heterocycles. The van der Waals surface area contributed by atoms with Crippen LogP contribution in [0.3, 0.4) is 0 Å². The molecule has 3 rings (SSSR count). The van der Waals surface area contributed by atoms with Gasteiger partial charge in [-0.15, -0.1) is 0 Å². The second kappa shape index (κ2) is 7.95. The maximum Gasteiger partial charge on any atom is 0.263 e. The fourth-order valence-electron chi connectivity index (χ4n) is 3.22. The molecule has 1 aliphatic rings. The Morgan fingerprint density at radius 3 is 2.73 bits per heavy atom. The molecule has 1 atom stereocenters. The molecular formula is C19H22N4O3. The molecule has 0 aliphatic carbocycles. The lowest BCUT2D eigenvalue weighted by Crippen LogP contribution is -2.44. The predicted molar refractivity (Wildman–Crippen MR) is 96.4 cm³/mol. The van der Waals surface area contributed by atoms with E-state index in [0.717, 1.165) is 12.0 Å². The summed E-state index contributed by atoms with van der Waals surface area (Å²) in [5.74, 6) is -0.358. The van der Waals surface area contributed by atoms with Gasteiger partial charge in [-0.25, -0.2) is 4.98 Å². The van der Waals surface area contributed by atoms with Crippen LogP contribution in [0.2, 0.25) is 0 Å². The van der Waals surface area contributed by atoms with Gasteiger partial charge in [0, 0.05) is 38.3 Å². The molecule has 7 heteroatoms. The molecular weight excluding hydrogens is 332 g/mol. The van der Waals surface area contributed by atoms with Crippen LogP contribution >= 0.6 is 0 Å². The normalized spacial score (nSPS) is 17.9. The molecule has 1 aromatic carbocycles. The SMILES string of the molecule is CC[C@H]1CN(C(=O)c2cnc[nH]c2=O)CCC(=O)N1Cc1ccccc1. The van der Waals surface area contributed by atoms with E-state index in [4.69, 9.17) is 0 Å². The summed E-state index contributed by atoms with van der Waals surface area (Å²) in [6, 6.07) is 9.72. The molecule has 0 bridgehead atoms. The summed E-state index contributed by atoms with van der Waals surface area (Å²) in [4.78, 5) is 47.0. The van der Waals surface area contributed by atoms with Crippen molar-refractivity contribution in [1.29, 1.82) is 0 Å². The highest BCUT2D eigenvalue weighted by Crippen LogP contribution is 2.18. The Labute approximate surface area is 151 Å². The van der Waals surface area contributed by atoms with E-state index in [2.05, 4.69) is 9.97 Å². The van der Waals surface area contributed by atoms with Crippen LogP contribution in [0.25, 0.3) is 0 Å². The van der Waals surface area contributed by atoms with Crippen LogP contribution in [0, 0.1) is 0 Å². The Bertz CT molecular complexity index is 834. The molecule has 7 nitrogen and oxygen atoms in total. The van der Waals surface area contributed by atoms with Crippen molar-refractivity contribution in [2.75, 3.05) is 13.1 Å². The van der Waals surface area contributed by atoms with E-state index < -0.39 is 5.56 Å². The third-order valence-corrected chi connectivity index (χ3v) is 4.69. The zero-order valence-electron chi connectivity index (χ0n) is 14.7. The number of rotatable bonds is 4. The van der Waals surface area contributed by atoms with Crippen molar-refractivity contribution in [3.63, 3.8) is 0 Å². The van der Waals surface area contributed by atoms with E-state index in [1.165, 1.54) is 12.5 Å². The Morgan fingerprint density at radius 1 is 1.27 bits per heavy atom. The second-order valence-corrected chi connectivity index (χ2v) is 6.36. The van der Waals surface area contributed by atoms with E-state index in [1.807, 2.05) is 42.2 Å². The van der Waals surface area contributed by atoms with Crippen LogP contribution in [-0.4, -0.2) is 50.7 Å². The standard InChI is InChI=1S/C19H22N4O3/c1-2-15-12-22(19(26)16-10-20-13-21-18(16)25)9-8-17(24)23(15)11-14-6-4-3-5-7-14/h3-7,10,13,15H,2,8-9,11-12H2,1H3,(H,20,21,25)/t15-/m0/s1. The van der Waals surface area contributed by atoms with Crippen molar-refractivity contribution in [3.05, 3.63) is 64.3 Å². The third kappa shape index (κ3) is 3.82. The topological polar surface area (TPSA) is 86.4 Å². The maximum atomic E-state index is 12.7. The minimum Gasteiger partial charge on any atom is -0.336 e. The summed E-state index contributed by atoms with van der Waals surface area (Å²) in [5.41, 5.74) is 0.601. The largest absolute Gasteiger partial charge is 0.336 e. The van der Waals surface area contributed by atoms with Crippen molar-refractivity contribution in [3.8, 4) is 0 Å². The molecule has 2 aromatic rings. The van der Waals surface area contributed by atoms with Crippen molar-refractivity contribution >= 4 is 11.8 Å². The number of hydrogen-bond donors (Lipinski definition) is 1. The first-order chi connectivity index (χ1) is 12.6. The van der Waals surface area contributed by atoms with Gasteiger partial charge in [0.2, 0.25) is 5.91 Å². The Kier molecular flexibility index (Phi) is 5.46. The van der Waals surface area contributed by atoms with Gasteiger partial charge in [0.05, 0.1) is 6.33 Å². The lowest BCUT2D eigenvalue weighted by atomic mass is 10.1. The smallest absolute Gasteiger partial charge is 0.263 e. The van der Waals surface area contributed by atoms with Crippen LogP contribution in [0.4, 0.5) is 0 Å². The number of carbonyl (C=O) groups is 2. The van der Waals surface area contributed by atoms with Gasteiger partial charge < -0.3 is 14.8 Å². The first-order valence-corrected chi connectivity index (χ1v) is 8.75. The molecule has 1 N–H and O–H groups in total. The molecule has 1 fully saturated rings. The fourth-order valence-corrected chi connectivity index (χ4v) is 3.22. The van der Waals surface area contributed by atoms with E-state index >= 15 is 0 Å². The minimum atomic E-state index is -0.463. The summed E-state index contributed by atoms with van der Waals surface area (Å²) < 4.78 is 0. The van der Waals surface area contributed by atoms with Crippen molar-refractivity contribution in [1.82, 2.24) is 19.8 Å². The van der Waals surface area contributed by atoms with E-state index in [9.17, 15) is 14.4 Å². The lowest BCUT2D eigenvalue weighted by Gasteiger charge is -2.31. The third-order valence-electron chi connectivity index (χ3n) is 4.69. The van der Waals surface area contributed by atoms with Gasteiger partial charge in [0.1, 0.15) is 5.56 Å². The minimum absolute atomic E-state index is 0.00584. The molecule has 2 heterocycles. The highest BCUT2D eigenvalue weighted by atomic mass is 16.2. The average molecular weight is 354 g/mol. The van der Waals surface area contributed by atoms with Crippen LogP contribution in [-0.2, 0) is 11.3 Å². The molecule has 1 aromatic heterocycles. The Balaban J connectivity index is 1.81. The number of H-pyrrole nitrogens is 1. The van der Waals surface area contributed by atoms with Gasteiger partial charge in [0.25, 0.3) is 11.5 Å². The summed E-state index contributed by atoms with van der Waals surface area (Å²) in [6.45, 7) is 3.23. The molecule has 2 amide bonds.